The largest absolute Gasteiger partial charge is 0.416 e. The topological polar surface area (TPSA) is 69.1 Å². The number of halogens is 3. The fraction of sp³-hybridized carbons (Fsp3) is 0.300. The maximum Gasteiger partial charge on any atom is 0.416 e. The average Bonchev–Trinajstić information content (AvgIpc) is 2.16. The summed E-state index contributed by atoms with van der Waals surface area (Å²) in [5.74, 6) is -0.883. The Morgan fingerprint density at radius 3 is 2.19 bits per heavy atom. The second-order valence-corrected chi connectivity index (χ2v) is 3.65. The molecule has 3 nitrogen and oxygen atoms in total. The third-order valence-corrected chi connectivity index (χ3v) is 2.30. The first kappa shape index (κ1) is 12.5. The number of carbonyl (C=O) groups is 1. The smallest absolute Gasteiger partial charge is 0.368 e. The highest BCUT2D eigenvalue weighted by Crippen LogP contribution is 2.31. The second-order valence-electron chi connectivity index (χ2n) is 3.65. The van der Waals surface area contributed by atoms with Crippen molar-refractivity contribution in [1.29, 1.82) is 0 Å². The Bertz CT molecular complexity index is 413. The number of amides is 1. The molecule has 1 amide bonds. The molecule has 0 radical (unpaired) electrons. The van der Waals surface area contributed by atoms with Crippen molar-refractivity contribution in [2.45, 2.75) is 18.6 Å². The predicted molar refractivity (Wildman–Crippen MR) is 52.2 cm³/mol. The SMILES string of the molecule is CC(N)(C(N)=O)c1cccc(C(F)(F)F)c1. The molecule has 1 unspecified atom stereocenters. The molecule has 1 atom stereocenters. The molecule has 1 aromatic carbocycles. The van der Waals surface area contributed by atoms with Gasteiger partial charge in [-0.05, 0) is 24.6 Å². The third-order valence-electron chi connectivity index (χ3n) is 2.30. The monoisotopic (exact) mass is 232 g/mol. The molecule has 0 saturated heterocycles. The molecule has 1 rings (SSSR count). The Hall–Kier alpha value is -1.56. The van der Waals surface area contributed by atoms with E-state index < -0.39 is 23.2 Å². The number of carbonyl (C=O) groups excluding carboxylic acids is 1. The normalized spacial score (nSPS) is 15.6. The van der Waals surface area contributed by atoms with Crippen LogP contribution in [0, 0.1) is 0 Å². The molecular weight excluding hydrogens is 221 g/mol. The van der Waals surface area contributed by atoms with Gasteiger partial charge in [0.05, 0.1) is 5.56 Å². The molecule has 0 heterocycles. The first-order valence-corrected chi connectivity index (χ1v) is 4.42. The number of hydrogen-bond acceptors (Lipinski definition) is 2. The van der Waals surface area contributed by atoms with Gasteiger partial charge in [-0.15, -0.1) is 0 Å². The van der Waals surface area contributed by atoms with Crippen LogP contribution < -0.4 is 11.5 Å². The van der Waals surface area contributed by atoms with Crippen LogP contribution in [0.2, 0.25) is 0 Å². The summed E-state index contributed by atoms with van der Waals surface area (Å²) in [6, 6.07) is 4.25. The standard InChI is InChI=1S/C10H11F3N2O/c1-9(15,8(14)16)6-3-2-4-7(5-6)10(11,12)13/h2-5H,15H2,1H3,(H2,14,16). The zero-order chi connectivity index (χ0) is 12.6. The van der Waals surface area contributed by atoms with Crippen LogP contribution in [-0.4, -0.2) is 5.91 Å². The van der Waals surface area contributed by atoms with Crippen molar-refractivity contribution in [1.82, 2.24) is 0 Å². The zero-order valence-corrected chi connectivity index (χ0v) is 8.51. The zero-order valence-electron chi connectivity index (χ0n) is 8.51. The van der Waals surface area contributed by atoms with E-state index in [9.17, 15) is 18.0 Å². The van der Waals surface area contributed by atoms with Crippen LogP contribution in [0.3, 0.4) is 0 Å². The molecule has 0 bridgehead atoms. The van der Waals surface area contributed by atoms with Gasteiger partial charge in [0.2, 0.25) is 5.91 Å². The molecule has 6 heteroatoms. The lowest BCUT2D eigenvalue weighted by Crippen LogP contribution is -2.46. The minimum atomic E-state index is -4.47. The maximum absolute atomic E-state index is 12.4. The van der Waals surface area contributed by atoms with Crippen LogP contribution in [0.1, 0.15) is 18.1 Å². The van der Waals surface area contributed by atoms with E-state index in [0.29, 0.717) is 0 Å². The molecule has 0 aliphatic heterocycles. The van der Waals surface area contributed by atoms with Crippen molar-refractivity contribution in [3.8, 4) is 0 Å². The van der Waals surface area contributed by atoms with E-state index >= 15 is 0 Å². The van der Waals surface area contributed by atoms with Crippen LogP contribution in [0.4, 0.5) is 13.2 Å². The Balaban J connectivity index is 3.23. The van der Waals surface area contributed by atoms with Crippen molar-refractivity contribution >= 4 is 5.91 Å². The number of rotatable bonds is 2. The molecule has 0 aliphatic carbocycles. The summed E-state index contributed by atoms with van der Waals surface area (Å²) in [4.78, 5) is 11.0. The Morgan fingerprint density at radius 2 is 1.75 bits per heavy atom. The number of nitrogens with two attached hydrogens (primary N) is 2. The van der Waals surface area contributed by atoms with E-state index in [0.717, 1.165) is 12.1 Å². The fourth-order valence-electron chi connectivity index (χ4n) is 1.16. The molecule has 0 aromatic heterocycles. The van der Waals surface area contributed by atoms with Gasteiger partial charge >= 0.3 is 6.18 Å². The van der Waals surface area contributed by atoms with E-state index in [2.05, 4.69) is 0 Å². The summed E-state index contributed by atoms with van der Waals surface area (Å²) in [6.07, 6.45) is -4.47. The minimum absolute atomic E-state index is 0.0369. The van der Waals surface area contributed by atoms with Crippen molar-refractivity contribution in [3.05, 3.63) is 35.4 Å². The van der Waals surface area contributed by atoms with Crippen LogP contribution >= 0.6 is 0 Å². The van der Waals surface area contributed by atoms with Crippen LogP contribution in [0.15, 0.2) is 24.3 Å². The van der Waals surface area contributed by atoms with Gasteiger partial charge in [0, 0.05) is 0 Å². The Kier molecular flexibility index (Phi) is 2.96. The van der Waals surface area contributed by atoms with Gasteiger partial charge in [-0.3, -0.25) is 4.79 Å². The summed E-state index contributed by atoms with van der Waals surface area (Å²) in [5.41, 5.74) is 8.14. The number of alkyl halides is 3. The summed E-state index contributed by atoms with van der Waals surface area (Å²) in [7, 11) is 0. The molecule has 4 N–H and O–H groups in total. The van der Waals surface area contributed by atoms with E-state index in [-0.39, 0.29) is 5.56 Å². The van der Waals surface area contributed by atoms with E-state index in [4.69, 9.17) is 11.5 Å². The van der Waals surface area contributed by atoms with E-state index in [1.807, 2.05) is 0 Å². The molecular formula is C10H11F3N2O. The van der Waals surface area contributed by atoms with Gasteiger partial charge in [-0.1, -0.05) is 12.1 Å². The van der Waals surface area contributed by atoms with Gasteiger partial charge in [0.25, 0.3) is 0 Å². The third kappa shape index (κ3) is 2.33. The molecule has 0 aliphatic rings. The maximum atomic E-state index is 12.4. The van der Waals surface area contributed by atoms with Gasteiger partial charge in [-0.25, -0.2) is 0 Å². The first-order chi connectivity index (χ1) is 7.15. The summed E-state index contributed by atoms with van der Waals surface area (Å²) >= 11 is 0. The molecule has 0 spiro atoms. The lowest BCUT2D eigenvalue weighted by atomic mass is 9.91. The Labute approximate surface area is 90.2 Å². The highest BCUT2D eigenvalue weighted by atomic mass is 19.4. The van der Waals surface area contributed by atoms with Crippen LogP contribution in [0.5, 0.6) is 0 Å². The lowest BCUT2D eigenvalue weighted by Gasteiger charge is -2.21. The van der Waals surface area contributed by atoms with Crippen molar-refractivity contribution in [3.63, 3.8) is 0 Å². The summed E-state index contributed by atoms with van der Waals surface area (Å²) in [5, 5.41) is 0. The van der Waals surface area contributed by atoms with Gasteiger partial charge < -0.3 is 11.5 Å². The predicted octanol–water partition coefficient (Wildman–Crippen LogP) is 1.36. The highest BCUT2D eigenvalue weighted by Gasteiger charge is 2.34. The van der Waals surface area contributed by atoms with Crippen molar-refractivity contribution < 1.29 is 18.0 Å². The Morgan fingerprint density at radius 1 is 1.25 bits per heavy atom. The molecule has 16 heavy (non-hydrogen) atoms. The fourth-order valence-corrected chi connectivity index (χ4v) is 1.16. The number of hydrogen-bond donors (Lipinski definition) is 2. The van der Waals surface area contributed by atoms with E-state index in [1.54, 1.807) is 0 Å². The molecule has 1 aromatic rings. The first-order valence-electron chi connectivity index (χ1n) is 4.42. The molecule has 0 fully saturated rings. The van der Waals surface area contributed by atoms with Gasteiger partial charge in [0.1, 0.15) is 5.54 Å². The molecule has 0 saturated carbocycles. The van der Waals surface area contributed by atoms with Gasteiger partial charge in [0.15, 0.2) is 0 Å². The highest BCUT2D eigenvalue weighted by molar-refractivity contribution is 5.85. The van der Waals surface area contributed by atoms with Crippen molar-refractivity contribution in [2.24, 2.45) is 11.5 Å². The molecule has 88 valence electrons. The van der Waals surface area contributed by atoms with Crippen LogP contribution in [-0.2, 0) is 16.5 Å². The quantitative estimate of drug-likeness (QED) is 0.808. The van der Waals surface area contributed by atoms with Crippen molar-refractivity contribution in [2.75, 3.05) is 0 Å². The average molecular weight is 232 g/mol. The van der Waals surface area contributed by atoms with Gasteiger partial charge in [-0.2, -0.15) is 13.2 Å². The van der Waals surface area contributed by atoms with E-state index in [1.165, 1.54) is 19.1 Å². The number of primary amides is 1. The number of benzene rings is 1. The summed E-state index contributed by atoms with van der Waals surface area (Å²) in [6.45, 7) is 1.27. The van der Waals surface area contributed by atoms with Crippen LogP contribution in [0.25, 0.3) is 0 Å². The summed E-state index contributed by atoms with van der Waals surface area (Å²) < 4.78 is 37.2. The minimum Gasteiger partial charge on any atom is -0.368 e. The second kappa shape index (κ2) is 3.79. The lowest BCUT2D eigenvalue weighted by molar-refractivity contribution is -0.137.